The first-order chi connectivity index (χ1) is 9.76. The highest BCUT2D eigenvalue weighted by molar-refractivity contribution is 5.54. The second-order valence-corrected chi connectivity index (χ2v) is 6.00. The van der Waals surface area contributed by atoms with E-state index in [1.165, 1.54) is 51.0 Å². The van der Waals surface area contributed by atoms with Crippen molar-refractivity contribution in [1.29, 1.82) is 0 Å². The molecule has 2 aliphatic rings. The van der Waals surface area contributed by atoms with Gasteiger partial charge in [-0.15, -0.1) is 0 Å². The summed E-state index contributed by atoms with van der Waals surface area (Å²) in [4.78, 5) is 5.23. The first-order valence-corrected chi connectivity index (χ1v) is 7.65. The van der Waals surface area contributed by atoms with E-state index in [0.717, 1.165) is 24.0 Å². The Labute approximate surface area is 121 Å². The lowest BCUT2D eigenvalue weighted by atomic mass is 9.99. The van der Waals surface area contributed by atoms with Crippen molar-refractivity contribution in [3.63, 3.8) is 0 Å². The van der Waals surface area contributed by atoms with Crippen LogP contribution in [0.2, 0.25) is 0 Å². The molecule has 2 N–H and O–H groups in total. The number of ether oxygens (including phenoxy) is 1. The monoisotopic (exact) mass is 275 g/mol. The van der Waals surface area contributed by atoms with Crippen molar-refractivity contribution in [2.45, 2.75) is 31.8 Å². The molecule has 1 unspecified atom stereocenters. The van der Waals surface area contributed by atoms with Gasteiger partial charge in [0.05, 0.1) is 12.8 Å². The van der Waals surface area contributed by atoms with Gasteiger partial charge in [0, 0.05) is 32.2 Å². The predicted molar refractivity (Wildman–Crippen MR) is 81.9 cm³/mol. The topological polar surface area (TPSA) is 41.7 Å². The highest BCUT2D eigenvalue weighted by atomic mass is 16.5. The van der Waals surface area contributed by atoms with Crippen molar-refractivity contribution < 1.29 is 4.74 Å². The molecule has 4 nitrogen and oxygen atoms in total. The number of nitrogens with zero attached hydrogens (tertiary/aromatic N) is 2. The van der Waals surface area contributed by atoms with E-state index in [4.69, 9.17) is 10.5 Å². The van der Waals surface area contributed by atoms with Crippen LogP contribution in [-0.2, 0) is 6.54 Å². The zero-order valence-electron chi connectivity index (χ0n) is 12.3. The number of hydrogen-bond acceptors (Lipinski definition) is 4. The minimum Gasteiger partial charge on any atom is -0.495 e. The smallest absolute Gasteiger partial charge is 0.141 e. The van der Waals surface area contributed by atoms with Gasteiger partial charge in [0.1, 0.15) is 5.75 Å². The van der Waals surface area contributed by atoms with Crippen LogP contribution in [-0.4, -0.2) is 49.1 Å². The molecule has 1 atom stereocenters. The molecule has 4 heteroatoms. The van der Waals surface area contributed by atoms with Gasteiger partial charge in [0.25, 0.3) is 0 Å². The van der Waals surface area contributed by atoms with Gasteiger partial charge in [-0.2, -0.15) is 0 Å². The van der Waals surface area contributed by atoms with Crippen molar-refractivity contribution in [3.8, 4) is 5.75 Å². The Morgan fingerprint density at radius 2 is 2.15 bits per heavy atom. The van der Waals surface area contributed by atoms with Crippen molar-refractivity contribution in [2.24, 2.45) is 0 Å². The molecule has 2 aliphatic heterocycles. The highest BCUT2D eigenvalue weighted by Crippen LogP contribution is 2.25. The van der Waals surface area contributed by atoms with Crippen LogP contribution < -0.4 is 10.5 Å². The Morgan fingerprint density at radius 1 is 1.25 bits per heavy atom. The number of methoxy groups -OCH3 is 1. The second-order valence-electron chi connectivity index (χ2n) is 6.00. The maximum absolute atomic E-state index is 5.99. The van der Waals surface area contributed by atoms with Gasteiger partial charge in [0.2, 0.25) is 0 Å². The summed E-state index contributed by atoms with van der Waals surface area (Å²) in [5.41, 5.74) is 8.01. The summed E-state index contributed by atoms with van der Waals surface area (Å²) in [5, 5.41) is 0. The van der Waals surface area contributed by atoms with Crippen molar-refractivity contribution in [1.82, 2.24) is 9.80 Å². The summed E-state index contributed by atoms with van der Waals surface area (Å²) in [6.45, 7) is 5.89. The van der Waals surface area contributed by atoms with Gasteiger partial charge >= 0.3 is 0 Å². The lowest BCUT2D eigenvalue weighted by molar-refractivity contribution is 0.0457. The molecule has 0 radical (unpaired) electrons. The maximum Gasteiger partial charge on any atom is 0.141 e. The predicted octanol–water partition coefficient (Wildman–Crippen LogP) is 1.95. The normalized spacial score (nSPS) is 24.4. The third-order valence-electron chi connectivity index (χ3n) is 4.62. The minimum absolute atomic E-state index is 0.737. The Balaban J connectivity index is 1.62. The molecule has 20 heavy (non-hydrogen) atoms. The van der Waals surface area contributed by atoms with E-state index in [-0.39, 0.29) is 0 Å². The number of nitrogen functional groups attached to an aromatic ring is 1. The minimum atomic E-state index is 0.737. The number of piperidine rings is 1. The van der Waals surface area contributed by atoms with E-state index in [9.17, 15) is 0 Å². The molecule has 0 bridgehead atoms. The molecule has 0 aliphatic carbocycles. The van der Waals surface area contributed by atoms with Crippen LogP contribution in [0, 0.1) is 0 Å². The summed E-state index contributed by atoms with van der Waals surface area (Å²) in [6, 6.07) is 6.92. The molecule has 2 fully saturated rings. The van der Waals surface area contributed by atoms with E-state index < -0.39 is 0 Å². The lowest BCUT2D eigenvalue weighted by Gasteiger charge is -2.44. The number of rotatable bonds is 3. The molecule has 1 aromatic rings. The largest absolute Gasteiger partial charge is 0.495 e. The van der Waals surface area contributed by atoms with E-state index in [0.29, 0.717) is 0 Å². The number of anilines is 1. The Kier molecular flexibility index (Phi) is 4.13. The summed E-state index contributed by atoms with van der Waals surface area (Å²) in [5.74, 6) is 0.769. The van der Waals surface area contributed by atoms with E-state index in [1.54, 1.807) is 7.11 Å². The fourth-order valence-electron chi connectivity index (χ4n) is 3.50. The Morgan fingerprint density at radius 3 is 2.95 bits per heavy atom. The first-order valence-electron chi connectivity index (χ1n) is 7.65. The molecule has 0 amide bonds. The van der Waals surface area contributed by atoms with Crippen molar-refractivity contribution in [2.75, 3.05) is 39.0 Å². The molecule has 3 rings (SSSR count). The van der Waals surface area contributed by atoms with Gasteiger partial charge < -0.3 is 10.5 Å². The number of hydrogen-bond donors (Lipinski definition) is 1. The lowest BCUT2D eigenvalue weighted by Crippen LogP contribution is -2.54. The SMILES string of the molecule is COc1ccc(CN2CCN3CCCCC3C2)cc1N. The fraction of sp³-hybridized carbons (Fsp3) is 0.625. The average molecular weight is 275 g/mol. The van der Waals surface area contributed by atoms with Gasteiger partial charge in [-0.05, 0) is 37.1 Å². The molecule has 0 spiro atoms. The maximum atomic E-state index is 5.99. The van der Waals surface area contributed by atoms with Crippen molar-refractivity contribution in [3.05, 3.63) is 23.8 Å². The molecule has 2 saturated heterocycles. The van der Waals surface area contributed by atoms with Crippen LogP contribution in [0.5, 0.6) is 5.75 Å². The van der Waals surface area contributed by atoms with Crippen LogP contribution in [0.3, 0.4) is 0 Å². The molecule has 110 valence electrons. The van der Waals surface area contributed by atoms with Gasteiger partial charge in [0.15, 0.2) is 0 Å². The zero-order valence-corrected chi connectivity index (χ0v) is 12.3. The van der Waals surface area contributed by atoms with Crippen LogP contribution in [0.1, 0.15) is 24.8 Å². The third kappa shape index (κ3) is 2.91. The summed E-state index contributed by atoms with van der Waals surface area (Å²) < 4.78 is 5.22. The second kappa shape index (κ2) is 6.02. The van der Waals surface area contributed by atoms with Gasteiger partial charge in [-0.3, -0.25) is 9.80 Å². The number of piperazine rings is 1. The molecular weight excluding hydrogens is 250 g/mol. The number of fused-ring (bicyclic) bond motifs is 1. The molecule has 0 saturated carbocycles. The van der Waals surface area contributed by atoms with Gasteiger partial charge in [-0.25, -0.2) is 0 Å². The van der Waals surface area contributed by atoms with Crippen LogP contribution >= 0.6 is 0 Å². The van der Waals surface area contributed by atoms with Crippen LogP contribution in [0.15, 0.2) is 18.2 Å². The van der Waals surface area contributed by atoms with Gasteiger partial charge in [-0.1, -0.05) is 12.5 Å². The standard InChI is InChI=1S/C16H25N3O/c1-20-16-6-5-13(10-15(16)17)11-18-8-9-19-7-3-2-4-14(19)12-18/h5-6,10,14H,2-4,7-9,11-12,17H2,1H3. The quantitative estimate of drug-likeness (QED) is 0.856. The molecule has 1 aromatic carbocycles. The van der Waals surface area contributed by atoms with Crippen molar-refractivity contribution >= 4 is 5.69 Å². The van der Waals surface area contributed by atoms with E-state index in [2.05, 4.69) is 15.9 Å². The molecule has 2 heterocycles. The molecule has 0 aromatic heterocycles. The van der Waals surface area contributed by atoms with Crippen LogP contribution in [0.4, 0.5) is 5.69 Å². The first kappa shape index (κ1) is 13.7. The summed E-state index contributed by atoms with van der Waals surface area (Å²) in [7, 11) is 1.66. The summed E-state index contributed by atoms with van der Waals surface area (Å²) in [6.07, 6.45) is 4.14. The Hall–Kier alpha value is -1.26. The average Bonchev–Trinajstić information content (AvgIpc) is 2.47. The summed E-state index contributed by atoms with van der Waals surface area (Å²) >= 11 is 0. The zero-order chi connectivity index (χ0) is 13.9. The number of benzene rings is 1. The van der Waals surface area contributed by atoms with E-state index in [1.807, 2.05) is 12.1 Å². The third-order valence-corrected chi connectivity index (χ3v) is 4.62. The number of nitrogens with two attached hydrogens (primary N) is 1. The fourth-order valence-corrected chi connectivity index (χ4v) is 3.50. The van der Waals surface area contributed by atoms with E-state index >= 15 is 0 Å². The van der Waals surface area contributed by atoms with Crippen LogP contribution in [0.25, 0.3) is 0 Å². The highest BCUT2D eigenvalue weighted by Gasteiger charge is 2.28. The Bertz CT molecular complexity index is 463. The molecular formula is C16H25N3O.